The molecule has 0 radical (unpaired) electrons. The molecular formula is C16H21N3O2S. The van der Waals surface area contributed by atoms with Crippen LogP contribution in [-0.2, 0) is 9.84 Å². The van der Waals surface area contributed by atoms with E-state index in [-0.39, 0.29) is 5.92 Å². The first-order valence-electron chi connectivity index (χ1n) is 8.17. The number of pyridine rings is 1. The summed E-state index contributed by atoms with van der Waals surface area (Å²) in [7, 11) is -2.84. The van der Waals surface area contributed by atoms with E-state index in [1.807, 2.05) is 18.3 Å². The van der Waals surface area contributed by atoms with Gasteiger partial charge < -0.3 is 4.57 Å². The fourth-order valence-corrected chi connectivity index (χ4v) is 5.40. The van der Waals surface area contributed by atoms with Crippen LogP contribution in [0.2, 0.25) is 0 Å². The minimum Gasteiger partial charge on any atom is -0.309 e. The third kappa shape index (κ3) is 2.43. The van der Waals surface area contributed by atoms with Crippen molar-refractivity contribution in [1.82, 2.24) is 14.5 Å². The van der Waals surface area contributed by atoms with Crippen LogP contribution in [0.4, 0.5) is 0 Å². The van der Waals surface area contributed by atoms with Crippen molar-refractivity contribution in [3.8, 4) is 0 Å². The molecule has 0 atom stereocenters. The Kier molecular flexibility index (Phi) is 3.44. The van der Waals surface area contributed by atoms with Gasteiger partial charge in [-0.15, -0.1) is 0 Å². The topological polar surface area (TPSA) is 64.8 Å². The largest absolute Gasteiger partial charge is 0.309 e. The molecule has 2 aromatic heterocycles. The summed E-state index contributed by atoms with van der Waals surface area (Å²) in [5, 5.41) is 0. The van der Waals surface area contributed by atoms with Gasteiger partial charge >= 0.3 is 0 Å². The SMILES string of the molecule is O=S1(=O)CCC(c2nc3cccnc3n2C2CCCC2)CC1. The molecule has 1 aliphatic heterocycles. The maximum Gasteiger partial charge on any atom is 0.160 e. The molecular weight excluding hydrogens is 298 g/mol. The van der Waals surface area contributed by atoms with Crippen LogP contribution in [-0.4, -0.2) is 34.5 Å². The molecule has 3 heterocycles. The maximum atomic E-state index is 11.7. The van der Waals surface area contributed by atoms with E-state index < -0.39 is 9.84 Å². The van der Waals surface area contributed by atoms with Crippen LogP contribution in [0.15, 0.2) is 18.3 Å². The van der Waals surface area contributed by atoms with Crippen molar-refractivity contribution in [2.45, 2.75) is 50.5 Å². The van der Waals surface area contributed by atoms with Crippen molar-refractivity contribution < 1.29 is 8.42 Å². The summed E-state index contributed by atoms with van der Waals surface area (Å²) in [5.41, 5.74) is 1.91. The third-order valence-corrected chi connectivity index (χ3v) is 6.80. The van der Waals surface area contributed by atoms with Gasteiger partial charge in [0.1, 0.15) is 21.2 Å². The third-order valence-electron chi connectivity index (χ3n) is 5.09. The van der Waals surface area contributed by atoms with Gasteiger partial charge in [-0.05, 0) is 37.8 Å². The van der Waals surface area contributed by atoms with Crippen LogP contribution >= 0.6 is 0 Å². The molecule has 0 bridgehead atoms. The van der Waals surface area contributed by atoms with Crippen molar-refractivity contribution in [1.29, 1.82) is 0 Å². The van der Waals surface area contributed by atoms with Crippen molar-refractivity contribution in [2.24, 2.45) is 0 Å². The van der Waals surface area contributed by atoms with Crippen molar-refractivity contribution in [3.05, 3.63) is 24.2 Å². The molecule has 4 rings (SSSR count). The predicted octanol–water partition coefficient (Wildman–Crippen LogP) is 2.84. The average Bonchev–Trinajstić information content (AvgIpc) is 3.13. The standard InChI is InChI=1S/C16H21N3O2S/c20-22(21)10-7-12(8-11-22)15-18-14-6-3-9-17-16(14)19(15)13-4-1-2-5-13/h3,6,9,12-13H,1-2,4-5,7-8,10-11H2. The molecule has 118 valence electrons. The van der Waals surface area contributed by atoms with E-state index in [1.165, 1.54) is 25.7 Å². The fraction of sp³-hybridized carbons (Fsp3) is 0.625. The van der Waals surface area contributed by atoms with Crippen LogP contribution in [0.25, 0.3) is 11.2 Å². The molecule has 1 saturated heterocycles. The van der Waals surface area contributed by atoms with E-state index in [2.05, 4.69) is 9.55 Å². The van der Waals surface area contributed by atoms with Gasteiger partial charge in [0, 0.05) is 18.2 Å². The number of imidazole rings is 1. The Morgan fingerprint density at radius 2 is 1.82 bits per heavy atom. The lowest BCUT2D eigenvalue weighted by Gasteiger charge is -2.24. The first-order valence-corrected chi connectivity index (χ1v) is 9.99. The lowest BCUT2D eigenvalue weighted by molar-refractivity contribution is 0.464. The van der Waals surface area contributed by atoms with Gasteiger partial charge in [0.25, 0.3) is 0 Å². The molecule has 2 fully saturated rings. The summed E-state index contributed by atoms with van der Waals surface area (Å²) in [4.78, 5) is 9.39. The molecule has 0 amide bonds. The average molecular weight is 319 g/mol. The molecule has 1 saturated carbocycles. The van der Waals surface area contributed by atoms with Crippen LogP contribution in [0, 0.1) is 0 Å². The van der Waals surface area contributed by atoms with Crippen LogP contribution in [0.3, 0.4) is 0 Å². The minimum absolute atomic E-state index is 0.248. The second-order valence-corrected chi connectivity index (χ2v) is 8.85. The Labute approximate surface area is 130 Å². The van der Waals surface area contributed by atoms with Crippen LogP contribution in [0.5, 0.6) is 0 Å². The van der Waals surface area contributed by atoms with E-state index in [9.17, 15) is 8.42 Å². The van der Waals surface area contributed by atoms with Gasteiger partial charge in [-0.2, -0.15) is 0 Å². The molecule has 22 heavy (non-hydrogen) atoms. The summed E-state index contributed by atoms with van der Waals surface area (Å²) < 4.78 is 25.7. The highest BCUT2D eigenvalue weighted by atomic mass is 32.2. The summed E-state index contributed by atoms with van der Waals surface area (Å²) in [6, 6.07) is 4.41. The summed E-state index contributed by atoms with van der Waals surface area (Å²) in [6.07, 6.45) is 8.09. The molecule has 1 aliphatic carbocycles. The molecule has 0 aromatic carbocycles. The van der Waals surface area contributed by atoms with Gasteiger partial charge in [0.2, 0.25) is 0 Å². The molecule has 2 aromatic rings. The highest BCUT2D eigenvalue weighted by molar-refractivity contribution is 7.91. The predicted molar refractivity (Wildman–Crippen MR) is 85.7 cm³/mol. The maximum absolute atomic E-state index is 11.7. The smallest absolute Gasteiger partial charge is 0.160 e. The second-order valence-electron chi connectivity index (χ2n) is 6.55. The first kappa shape index (κ1) is 14.2. The zero-order chi connectivity index (χ0) is 15.2. The van der Waals surface area contributed by atoms with Crippen LogP contribution in [0.1, 0.15) is 56.3 Å². The molecule has 0 unspecified atom stereocenters. The Hall–Kier alpha value is -1.43. The number of hydrogen-bond acceptors (Lipinski definition) is 4. The fourth-order valence-electron chi connectivity index (χ4n) is 3.91. The van der Waals surface area contributed by atoms with Crippen LogP contribution < -0.4 is 0 Å². The van der Waals surface area contributed by atoms with Crippen molar-refractivity contribution in [2.75, 3.05) is 11.5 Å². The van der Waals surface area contributed by atoms with E-state index in [1.54, 1.807) is 0 Å². The number of fused-ring (bicyclic) bond motifs is 1. The highest BCUT2D eigenvalue weighted by Gasteiger charge is 2.31. The van der Waals surface area contributed by atoms with E-state index in [0.717, 1.165) is 17.0 Å². The number of hydrogen-bond donors (Lipinski definition) is 0. The lowest BCUT2D eigenvalue weighted by atomic mass is 10.0. The molecule has 2 aliphatic rings. The minimum atomic E-state index is -2.84. The highest BCUT2D eigenvalue weighted by Crippen LogP contribution is 2.37. The summed E-state index contributed by atoms with van der Waals surface area (Å²) >= 11 is 0. The Balaban J connectivity index is 1.78. The normalized spacial score (nSPS) is 23.3. The van der Waals surface area contributed by atoms with E-state index in [4.69, 9.17) is 4.98 Å². The monoisotopic (exact) mass is 319 g/mol. The quantitative estimate of drug-likeness (QED) is 0.854. The van der Waals surface area contributed by atoms with E-state index >= 15 is 0 Å². The molecule has 0 spiro atoms. The van der Waals surface area contributed by atoms with Gasteiger partial charge in [0.05, 0.1) is 11.5 Å². The summed E-state index contributed by atoms with van der Waals surface area (Å²) in [5.74, 6) is 1.90. The van der Waals surface area contributed by atoms with Gasteiger partial charge in [-0.3, -0.25) is 0 Å². The summed E-state index contributed by atoms with van der Waals surface area (Å²) in [6.45, 7) is 0. The van der Waals surface area contributed by atoms with Crippen molar-refractivity contribution in [3.63, 3.8) is 0 Å². The van der Waals surface area contributed by atoms with E-state index in [0.29, 0.717) is 30.4 Å². The second kappa shape index (κ2) is 5.33. The van der Waals surface area contributed by atoms with Gasteiger partial charge in [-0.1, -0.05) is 12.8 Å². The number of nitrogens with zero attached hydrogens (tertiary/aromatic N) is 3. The van der Waals surface area contributed by atoms with Crippen molar-refractivity contribution >= 4 is 21.0 Å². The Morgan fingerprint density at radius 1 is 1.09 bits per heavy atom. The van der Waals surface area contributed by atoms with Gasteiger partial charge in [-0.25, -0.2) is 18.4 Å². The number of sulfone groups is 1. The Morgan fingerprint density at radius 3 is 2.55 bits per heavy atom. The first-order chi connectivity index (χ1) is 10.6. The lowest BCUT2D eigenvalue weighted by Crippen LogP contribution is -2.25. The zero-order valence-electron chi connectivity index (χ0n) is 12.6. The number of aromatic nitrogens is 3. The van der Waals surface area contributed by atoms with Gasteiger partial charge in [0.15, 0.2) is 5.65 Å². The Bertz CT molecular complexity index is 777. The number of rotatable bonds is 2. The molecule has 0 N–H and O–H groups in total. The molecule has 6 heteroatoms. The zero-order valence-corrected chi connectivity index (χ0v) is 13.4. The molecule has 5 nitrogen and oxygen atoms in total.